The Balaban J connectivity index is 1.14. The number of ether oxygens (including phenoxy) is 2. The van der Waals surface area contributed by atoms with Gasteiger partial charge in [0.05, 0.1) is 41.7 Å². The zero-order chi connectivity index (χ0) is 30.7. The molecular formula is C33H36ClN7O3. The van der Waals surface area contributed by atoms with Gasteiger partial charge in [-0.1, -0.05) is 30.7 Å². The van der Waals surface area contributed by atoms with Gasteiger partial charge in [-0.2, -0.15) is 10.4 Å². The molecule has 1 aromatic carbocycles. The van der Waals surface area contributed by atoms with Crippen LogP contribution >= 0.6 is 11.6 Å². The van der Waals surface area contributed by atoms with Crippen molar-refractivity contribution in [2.45, 2.75) is 33.1 Å². The van der Waals surface area contributed by atoms with Crippen molar-refractivity contribution in [2.75, 3.05) is 57.4 Å². The maximum atomic E-state index is 13.2. The van der Waals surface area contributed by atoms with Crippen LogP contribution in [-0.4, -0.2) is 82.8 Å². The van der Waals surface area contributed by atoms with Gasteiger partial charge in [-0.25, -0.2) is 14.5 Å². The Kier molecular flexibility index (Phi) is 8.80. The first kappa shape index (κ1) is 30.0. The maximum Gasteiger partial charge on any atom is 0.225 e. The molecule has 0 bridgehead atoms. The van der Waals surface area contributed by atoms with Gasteiger partial charge in [-0.15, -0.1) is 0 Å². The number of nitrogens with zero attached hydrogens (tertiary/aromatic N) is 7. The number of piperidine rings is 1. The summed E-state index contributed by atoms with van der Waals surface area (Å²) in [5, 5.41) is 14.7. The summed E-state index contributed by atoms with van der Waals surface area (Å²) in [6.45, 7) is 10.2. The molecule has 2 fully saturated rings. The molecule has 0 N–H and O–H groups in total. The number of carbonyl (C=O) groups excluding carboxylic acids is 1. The number of pyridine rings is 1. The molecule has 0 saturated carbocycles. The number of hydrogen-bond acceptors (Lipinski definition) is 9. The molecule has 0 aliphatic carbocycles. The number of benzene rings is 1. The number of fused-ring (bicyclic) bond motifs is 1. The maximum absolute atomic E-state index is 13.2. The minimum absolute atomic E-state index is 0.0971. The molecule has 2 aliphatic heterocycles. The fraction of sp³-hybridized carbons (Fsp3) is 0.424. The van der Waals surface area contributed by atoms with Crippen molar-refractivity contribution >= 4 is 28.8 Å². The Hall–Kier alpha value is -4.04. The number of hydrogen-bond donors (Lipinski definition) is 0. The van der Waals surface area contributed by atoms with E-state index in [4.69, 9.17) is 31.0 Å². The molecule has 0 amide bonds. The van der Waals surface area contributed by atoms with E-state index in [1.807, 2.05) is 25.1 Å². The van der Waals surface area contributed by atoms with Gasteiger partial charge in [0.1, 0.15) is 18.4 Å². The highest BCUT2D eigenvalue weighted by atomic mass is 35.5. The predicted octanol–water partition coefficient (Wildman–Crippen LogP) is 5.22. The molecule has 5 heterocycles. The smallest absolute Gasteiger partial charge is 0.225 e. The lowest BCUT2D eigenvalue weighted by molar-refractivity contribution is 0.0322. The number of Topliss-reactive ketones (excluding diaryl/α,β-unsaturated/α-hetero) is 1. The van der Waals surface area contributed by atoms with Gasteiger partial charge in [0.25, 0.3) is 0 Å². The molecule has 0 spiro atoms. The summed E-state index contributed by atoms with van der Waals surface area (Å²) >= 11 is 6.37. The lowest BCUT2D eigenvalue weighted by Gasteiger charge is -2.39. The largest absolute Gasteiger partial charge is 0.491 e. The van der Waals surface area contributed by atoms with Gasteiger partial charge in [-0.05, 0) is 42.9 Å². The molecule has 0 atom stereocenters. The minimum atomic E-state index is -0.122. The lowest BCUT2D eigenvalue weighted by atomic mass is 9.75. The summed E-state index contributed by atoms with van der Waals surface area (Å²) in [5.74, 6) is 1.40. The van der Waals surface area contributed by atoms with E-state index in [9.17, 15) is 10.1 Å². The van der Waals surface area contributed by atoms with Gasteiger partial charge in [0.15, 0.2) is 5.78 Å². The van der Waals surface area contributed by atoms with Gasteiger partial charge < -0.3 is 14.4 Å². The van der Waals surface area contributed by atoms with Crippen LogP contribution in [0.15, 0.2) is 49.1 Å². The monoisotopic (exact) mass is 613 g/mol. The summed E-state index contributed by atoms with van der Waals surface area (Å²) in [4.78, 5) is 27.1. The van der Waals surface area contributed by atoms with E-state index in [2.05, 4.69) is 27.9 Å². The van der Waals surface area contributed by atoms with Gasteiger partial charge in [0.2, 0.25) is 5.95 Å². The summed E-state index contributed by atoms with van der Waals surface area (Å²) in [6, 6.07) is 9.76. The first-order valence-electron chi connectivity index (χ1n) is 15.0. The molecular weight excluding hydrogens is 578 g/mol. The van der Waals surface area contributed by atoms with E-state index in [0.29, 0.717) is 46.4 Å². The number of halogens is 1. The van der Waals surface area contributed by atoms with E-state index < -0.39 is 0 Å². The van der Waals surface area contributed by atoms with Crippen LogP contribution in [0.5, 0.6) is 5.75 Å². The van der Waals surface area contributed by atoms with E-state index in [-0.39, 0.29) is 11.2 Å². The van der Waals surface area contributed by atoms with Crippen LogP contribution in [0, 0.1) is 23.7 Å². The van der Waals surface area contributed by atoms with Crippen molar-refractivity contribution in [1.82, 2.24) is 24.5 Å². The van der Waals surface area contributed by atoms with Crippen LogP contribution < -0.4 is 9.64 Å². The Morgan fingerprint density at radius 2 is 1.89 bits per heavy atom. The standard InChI is InChI=1S/C33H36ClN7O3/c1-23-4-3-5-28(34)30(23)29(42)17-33(2)6-8-40(9-7-33)32-36-19-25(20-37-32)27-16-26(22-41-31(27)24(18-35)21-38-41)44-15-12-39-10-13-43-14-11-39/h3-5,16,19-22H,6-15,17H2,1-2H3. The van der Waals surface area contributed by atoms with Crippen LogP contribution in [0.4, 0.5) is 5.95 Å². The number of aromatic nitrogens is 4. The van der Waals surface area contributed by atoms with Crippen molar-refractivity contribution in [1.29, 1.82) is 5.26 Å². The van der Waals surface area contributed by atoms with Crippen molar-refractivity contribution < 1.29 is 14.3 Å². The zero-order valence-electron chi connectivity index (χ0n) is 25.1. The van der Waals surface area contributed by atoms with E-state index >= 15 is 0 Å². The third-order valence-electron chi connectivity index (χ3n) is 8.78. The fourth-order valence-corrected chi connectivity index (χ4v) is 6.43. The van der Waals surface area contributed by atoms with Crippen LogP contribution in [0.3, 0.4) is 0 Å². The molecule has 3 aromatic heterocycles. The van der Waals surface area contributed by atoms with Gasteiger partial charge in [0, 0.05) is 68.2 Å². The molecule has 11 heteroatoms. The number of ketones is 1. The average Bonchev–Trinajstić information content (AvgIpc) is 3.45. The highest BCUT2D eigenvalue weighted by Gasteiger charge is 2.34. The fourth-order valence-electron chi connectivity index (χ4n) is 6.10. The SMILES string of the molecule is Cc1cccc(Cl)c1C(=O)CC1(C)CCN(c2ncc(-c3cc(OCCN4CCOCC4)cn4ncc(C#N)c34)cn2)CC1. The molecule has 10 nitrogen and oxygen atoms in total. The number of morpholine rings is 1. The predicted molar refractivity (Wildman–Crippen MR) is 168 cm³/mol. The van der Waals surface area contributed by atoms with Crippen molar-refractivity contribution in [3.63, 3.8) is 0 Å². The molecule has 0 unspecified atom stereocenters. The highest BCUT2D eigenvalue weighted by Crippen LogP contribution is 2.38. The number of anilines is 1. The van der Waals surface area contributed by atoms with E-state index in [1.54, 1.807) is 35.4 Å². The van der Waals surface area contributed by atoms with E-state index in [1.165, 1.54) is 0 Å². The van der Waals surface area contributed by atoms with Gasteiger partial charge >= 0.3 is 0 Å². The third kappa shape index (κ3) is 6.41. The van der Waals surface area contributed by atoms with E-state index in [0.717, 1.165) is 75.5 Å². The summed E-state index contributed by atoms with van der Waals surface area (Å²) < 4.78 is 13.2. The quantitative estimate of drug-likeness (QED) is 0.235. The minimum Gasteiger partial charge on any atom is -0.491 e. The normalized spacial score (nSPS) is 17.0. The van der Waals surface area contributed by atoms with Crippen LogP contribution in [0.2, 0.25) is 5.02 Å². The number of aryl methyl sites for hydroxylation is 1. The Morgan fingerprint density at radius 1 is 1.14 bits per heavy atom. The first-order valence-corrected chi connectivity index (χ1v) is 15.4. The molecule has 228 valence electrons. The topological polar surface area (TPSA) is 109 Å². The second kappa shape index (κ2) is 12.9. The first-order chi connectivity index (χ1) is 21.3. The molecule has 2 aliphatic rings. The molecule has 4 aromatic rings. The number of rotatable bonds is 9. The summed E-state index contributed by atoms with van der Waals surface area (Å²) in [6.07, 6.45) is 9.10. The summed E-state index contributed by atoms with van der Waals surface area (Å²) in [7, 11) is 0. The highest BCUT2D eigenvalue weighted by molar-refractivity contribution is 6.34. The number of nitriles is 1. The van der Waals surface area contributed by atoms with Crippen LogP contribution in [0.1, 0.15) is 47.7 Å². The van der Waals surface area contributed by atoms with Crippen LogP contribution in [0.25, 0.3) is 16.6 Å². The van der Waals surface area contributed by atoms with Crippen LogP contribution in [-0.2, 0) is 4.74 Å². The Morgan fingerprint density at radius 3 is 2.59 bits per heavy atom. The molecule has 44 heavy (non-hydrogen) atoms. The summed E-state index contributed by atoms with van der Waals surface area (Å²) in [5.41, 5.74) is 4.15. The van der Waals surface area contributed by atoms with Gasteiger partial charge in [-0.3, -0.25) is 9.69 Å². The Labute approximate surface area is 262 Å². The lowest BCUT2D eigenvalue weighted by Crippen LogP contribution is -2.40. The average molecular weight is 614 g/mol. The molecule has 6 rings (SSSR count). The van der Waals surface area contributed by atoms with Crippen molar-refractivity contribution in [2.24, 2.45) is 5.41 Å². The number of carbonyl (C=O) groups is 1. The second-order valence-electron chi connectivity index (χ2n) is 12.0. The van der Waals surface area contributed by atoms with Crippen molar-refractivity contribution in [3.05, 3.63) is 70.8 Å². The second-order valence-corrected chi connectivity index (χ2v) is 12.4. The molecule has 2 saturated heterocycles. The zero-order valence-corrected chi connectivity index (χ0v) is 25.9. The molecule has 0 radical (unpaired) electrons. The third-order valence-corrected chi connectivity index (χ3v) is 9.09. The van der Waals surface area contributed by atoms with Crippen molar-refractivity contribution in [3.8, 4) is 22.9 Å². The Bertz CT molecular complexity index is 1660.